The van der Waals surface area contributed by atoms with Crippen LogP contribution in [0.5, 0.6) is 0 Å². The summed E-state index contributed by atoms with van der Waals surface area (Å²) in [5, 5.41) is 7.15. The lowest BCUT2D eigenvalue weighted by Crippen LogP contribution is -1.95. The molecule has 0 saturated carbocycles. The second kappa shape index (κ2) is 4.20. The fourth-order valence-electron chi connectivity index (χ4n) is 2.75. The first-order valence-electron chi connectivity index (χ1n) is 6.76. The SMILES string of the molecule is Cc1cc2c3ccccc3cc(-c3ccccc3)n2n1. The van der Waals surface area contributed by atoms with Crippen molar-refractivity contribution in [2.45, 2.75) is 6.92 Å². The van der Waals surface area contributed by atoms with Crippen LogP contribution in [0.25, 0.3) is 27.5 Å². The van der Waals surface area contributed by atoms with Gasteiger partial charge in [-0.15, -0.1) is 0 Å². The van der Waals surface area contributed by atoms with Gasteiger partial charge in [0.25, 0.3) is 0 Å². The Labute approximate surface area is 117 Å². The smallest absolute Gasteiger partial charge is 0.0750 e. The zero-order chi connectivity index (χ0) is 13.5. The van der Waals surface area contributed by atoms with Gasteiger partial charge in [-0.05, 0) is 24.4 Å². The number of nitrogens with zero attached hydrogens (tertiary/aromatic N) is 2. The molecule has 0 atom stereocenters. The first-order chi connectivity index (χ1) is 9.83. The quantitative estimate of drug-likeness (QED) is 0.492. The van der Waals surface area contributed by atoms with Crippen LogP contribution in [-0.2, 0) is 0 Å². The van der Waals surface area contributed by atoms with Gasteiger partial charge in [0.2, 0.25) is 0 Å². The Morgan fingerprint density at radius 3 is 2.45 bits per heavy atom. The van der Waals surface area contributed by atoms with E-state index in [2.05, 4.69) is 65.8 Å². The van der Waals surface area contributed by atoms with E-state index < -0.39 is 0 Å². The summed E-state index contributed by atoms with van der Waals surface area (Å²) in [7, 11) is 0. The molecular formula is C18H14N2. The largest absolute Gasteiger partial charge is 0.232 e. The summed E-state index contributed by atoms with van der Waals surface area (Å²) in [6, 6.07) is 23.2. The molecule has 2 aromatic carbocycles. The molecule has 0 aliphatic rings. The number of benzene rings is 2. The Hall–Kier alpha value is -2.61. The summed E-state index contributed by atoms with van der Waals surface area (Å²) >= 11 is 0. The highest BCUT2D eigenvalue weighted by Crippen LogP contribution is 2.28. The van der Waals surface area contributed by atoms with E-state index in [9.17, 15) is 0 Å². The highest BCUT2D eigenvalue weighted by molar-refractivity contribution is 5.98. The Kier molecular flexibility index (Phi) is 2.36. The van der Waals surface area contributed by atoms with Gasteiger partial charge in [0.15, 0.2) is 0 Å². The third kappa shape index (κ3) is 1.62. The van der Waals surface area contributed by atoms with Crippen molar-refractivity contribution in [2.24, 2.45) is 0 Å². The Bertz CT molecular complexity index is 905. The minimum Gasteiger partial charge on any atom is -0.232 e. The second-order valence-electron chi connectivity index (χ2n) is 5.07. The summed E-state index contributed by atoms with van der Waals surface area (Å²) in [6.45, 7) is 2.04. The normalized spacial score (nSPS) is 11.2. The van der Waals surface area contributed by atoms with Gasteiger partial charge in [0.1, 0.15) is 0 Å². The number of aromatic nitrogens is 2. The summed E-state index contributed by atoms with van der Waals surface area (Å²) in [5.74, 6) is 0. The highest BCUT2D eigenvalue weighted by atomic mass is 15.2. The topological polar surface area (TPSA) is 17.3 Å². The molecule has 0 aliphatic heterocycles. The summed E-state index contributed by atoms with van der Waals surface area (Å²) in [5.41, 5.74) is 4.52. The molecule has 2 heteroatoms. The molecule has 20 heavy (non-hydrogen) atoms. The van der Waals surface area contributed by atoms with Crippen molar-refractivity contribution in [1.29, 1.82) is 0 Å². The number of pyridine rings is 1. The first kappa shape index (κ1) is 11.2. The van der Waals surface area contributed by atoms with Crippen molar-refractivity contribution in [3.05, 3.63) is 72.4 Å². The maximum atomic E-state index is 4.66. The van der Waals surface area contributed by atoms with Crippen molar-refractivity contribution in [3.63, 3.8) is 0 Å². The molecular weight excluding hydrogens is 244 g/mol. The summed E-state index contributed by atoms with van der Waals surface area (Å²) in [4.78, 5) is 0. The molecule has 2 nitrogen and oxygen atoms in total. The standard InChI is InChI=1S/C18H14N2/c1-13-11-18-16-10-6-5-9-15(16)12-17(20(18)19-13)14-7-3-2-4-8-14/h2-12H,1H3. The van der Waals surface area contributed by atoms with Gasteiger partial charge in [-0.1, -0.05) is 54.6 Å². The zero-order valence-electron chi connectivity index (χ0n) is 11.2. The van der Waals surface area contributed by atoms with Crippen molar-refractivity contribution >= 4 is 16.3 Å². The lowest BCUT2D eigenvalue weighted by Gasteiger charge is -2.08. The number of aryl methyl sites for hydroxylation is 1. The zero-order valence-corrected chi connectivity index (χ0v) is 11.2. The van der Waals surface area contributed by atoms with Crippen molar-refractivity contribution in [1.82, 2.24) is 9.61 Å². The van der Waals surface area contributed by atoms with Crippen LogP contribution >= 0.6 is 0 Å². The van der Waals surface area contributed by atoms with E-state index in [0.29, 0.717) is 0 Å². The average Bonchev–Trinajstić information content (AvgIpc) is 2.89. The summed E-state index contributed by atoms with van der Waals surface area (Å²) in [6.07, 6.45) is 0. The molecule has 0 spiro atoms. The monoisotopic (exact) mass is 258 g/mol. The molecule has 4 rings (SSSR count). The lowest BCUT2D eigenvalue weighted by atomic mass is 10.1. The second-order valence-corrected chi connectivity index (χ2v) is 5.07. The van der Waals surface area contributed by atoms with E-state index >= 15 is 0 Å². The van der Waals surface area contributed by atoms with Crippen LogP contribution in [0.2, 0.25) is 0 Å². The van der Waals surface area contributed by atoms with E-state index in [1.165, 1.54) is 21.9 Å². The molecule has 0 amide bonds. The van der Waals surface area contributed by atoms with Gasteiger partial charge in [0, 0.05) is 10.9 Å². The van der Waals surface area contributed by atoms with Gasteiger partial charge < -0.3 is 0 Å². The van der Waals surface area contributed by atoms with E-state index in [0.717, 1.165) is 11.4 Å². The number of hydrogen-bond donors (Lipinski definition) is 0. The van der Waals surface area contributed by atoms with Gasteiger partial charge in [0.05, 0.1) is 16.9 Å². The van der Waals surface area contributed by atoms with Crippen LogP contribution in [0, 0.1) is 6.92 Å². The molecule has 4 aromatic rings. The number of hydrogen-bond acceptors (Lipinski definition) is 1. The van der Waals surface area contributed by atoms with E-state index in [4.69, 9.17) is 0 Å². The van der Waals surface area contributed by atoms with E-state index in [-0.39, 0.29) is 0 Å². The van der Waals surface area contributed by atoms with Crippen LogP contribution in [0.4, 0.5) is 0 Å². The molecule has 2 heterocycles. The van der Waals surface area contributed by atoms with Crippen LogP contribution < -0.4 is 0 Å². The van der Waals surface area contributed by atoms with Gasteiger partial charge in [-0.25, -0.2) is 4.52 Å². The third-order valence-electron chi connectivity index (χ3n) is 3.66. The van der Waals surface area contributed by atoms with E-state index in [1.807, 2.05) is 17.5 Å². The van der Waals surface area contributed by atoms with Gasteiger partial charge in [-0.2, -0.15) is 5.10 Å². The fraction of sp³-hybridized carbons (Fsp3) is 0.0556. The van der Waals surface area contributed by atoms with Crippen molar-refractivity contribution in [2.75, 3.05) is 0 Å². The first-order valence-corrected chi connectivity index (χ1v) is 6.76. The van der Waals surface area contributed by atoms with Crippen molar-refractivity contribution < 1.29 is 0 Å². The minimum atomic E-state index is 1.04. The molecule has 0 unspecified atom stereocenters. The lowest BCUT2D eigenvalue weighted by molar-refractivity contribution is 0.946. The Morgan fingerprint density at radius 2 is 1.60 bits per heavy atom. The minimum absolute atomic E-state index is 1.04. The van der Waals surface area contributed by atoms with Crippen LogP contribution in [0.3, 0.4) is 0 Å². The van der Waals surface area contributed by atoms with Gasteiger partial charge in [-0.3, -0.25) is 0 Å². The molecule has 0 saturated heterocycles. The Morgan fingerprint density at radius 1 is 0.850 bits per heavy atom. The van der Waals surface area contributed by atoms with Crippen molar-refractivity contribution in [3.8, 4) is 11.3 Å². The predicted molar refractivity (Wildman–Crippen MR) is 82.9 cm³/mol. The maximum absolute atomic E-state index is 4.66. The van der Waals surface area contributed by atoms with Crippen LogP contribution in [0.1, 0.15) is 5.69 Å². The summed E-state index contributed by atoms with van der Waals surface area (Å²) < 4.78 is 2.05. The maximum Gasteiger partial charge on any atom is 0.0750 e. The van der Waals surface area contributed by atoms with Crippen LogP contribution in [-0.4, -0.2) is 9.61 Å². The fourth-order valence-corrected chi connectivity index (χ4v) is 2.75. The molecule has 0 fully saturated rings. The van der Waals surface area contributed by atoms with Gasteiger partial charge >= 0.3 is 0 Å². The molecule has 0 N–H and O–H groups in total. The third-order valence-corrected chi connectivity index (χ3v) is 3.66. The highest BCUT2D eigenvalue weighted by Gasteiger charge is 2.09. The average molecular weight is 258 g/mol. The molecule has 0 bridgehead atoms. The molecule has 2 aromatic heterocycles. The van der Waals surface area contributed by atoms with E-state index in [1.54, 1.807) is 0 Å². The molecule has 0 radical (unpaired) electrons. The number of fused-ring (bicyclic) bond motifs is 3. The number of rotatable bonds is 1. The van der Waals surface area contributed by atoms with Crippen LogP contribution in [0.15, 0.2) is 66.7 Å². The predicted octanol–water partition coefficient (Wildman–Crippen LogP) is 4.46. The molecule has 0 aliphatic carbocycles. The Balaban J connectivity index is 2.18. The molecule has 96 valence electrons.